The first kappa shape index (κ1) is 24.4. The summed E-state index contributed by atoms with van der Waals surface area (Å²) < 4.78 is 34.1. The van der Waals surface area contributed by atoms with Crippen LogP contribution in [0.15, 0.2) is 18.2 Å². The van der Waals surface area contributed by atoms with E-state index in [4.69, 9.17) is 27.7 Å². The average molecular weight is 329 g/mol. The number of non-ortho nitro benzene ring substituents is 1. The molecule has 18 heavy (non-hydrogen) atoms. The number of nitro groups is 1. The largest absolute Gasteiger partial charge is 1.00 e. The molecule has 1 rings (SSSR count). The summed E-state index contributed by atoms with van der Waals surface area (Å²) in [6.07, 6.45) is 0. The van der Waals surface area contributed by atoms with E-state index in [1.807, 2.05) is 0 Å². The van der Waals surface area contributed by atoms with Gasteiger partial charge in [-0.15, -0.1) is 0 Å². The van der Waals surface area contributed by atoms with E-state index in [1.165, 1.54) is 0 Å². The number of nitro benzene ring substituents is 1. The molecule has 12 heteroatoms. The van der Waals surface area contributed by atoms with Crippen LogP contribution in [0.4, 0.5) is 5.69 Å². The fraction of sp³-hybridized carbons (Fsp3) is 0. The number of rotatable bonds is 1. The molecule has 0 atom stereocenters. The van der Waals surface area contributed by atoms with E-state index >= 15 is 0 Å². The minimum absolute atomic E-state index is 0. The first-order valence-electron chi connectivity index (χ1n) is 3.44. The second kappa shape index (κ2) is 11.1. The van der Waals surface area contributed by atoms with Crippen molar-refractivity contribution < 1.29 is 135 Å². The normalized spacial score (nSPS) is 9.00. The number of hydrogen-bond acceptors (Lipinski definition) is 8. The maximum atomic E-state index is 10.1. The minimum Gasteiger partial charge on any atom is -0.759 e. The fourth-order valence-corrected chi connectivity index (χ4v) is 0.625. The van der Waals surface area contributed by atoms with Gasteiger partial charge in [0.25, 0.3) is 5.69 Å². The van der Waals surface area contributed by atoms with Crippen molar-refractivity contribution >= 4 is 16.1 Å². The maximum Gasteiger partial charge on any atom is 1.00 e. The van der Waals surface area contributed by atoms with Gasteiger partial charge < -0.3 is 19.3 Å². The molecule has 9 nitrogen and oxygen atoms in total. The van der Waals surface area contributed by atoms with Crippen molar-refractivity contribution in [1.82, 2.24) is 0 Å². The Morgan fingerprint density at radius 1 is 1.06 bits per heavy atom. The Hall–Kier alpha value is 1.36. The van der Waals surface area contributed by atoms with Crippen LogP contribution < -0.4 is 103 Å². The molecular formula is C6H5K2NO8S. The molecule has 0 bridgehead atoms. The monoisotopic (exact) mass is 329 g/mol. The second-order valence-corrected chi connectivity index (χ2v) is 3.15. The molecule has 1 aromatic carbocycles. The first-order chi connectivity index (χ1) is 7.11. The fourth-order valence-electron chi connectivity index (χ4n) is 0.625. The van der Waals surface area contributed by atoms with Crippen LogP contribution in [0.3, 0.4) is 0 Å². The molecule has 0 unspecified atom stereocenters. The summed E-state index contributed by atoms with van der Waals surface area (Å²) in [6, 6.07) is 3.05. The van der Waals surface area contributed by atoms with Gasteiger partial charge in [-0.1, -0.05) is 0 Å². The van der Waals surface area contributed by atoms with Crippen molar-refractivity contribution in [1.29, 1.82) is 0 Å². The number of phenols is 2. The van der Waals surface area contributed by atoms with Crippen molar-refractivity contribution in [2.45, 2.75) is 0 Å². The Labute approximate surface area is 187 Å². The minimum atomic E-state index is -5.17. The van der Waals surface area contributed by atoms with Crippen LogP contribution in [0.5, 0.6) is 11.5 Å². The van der Waals surface area contributed by atoms with Crippen LogP contribution in [-0.4, -0.2) is 32.7 Å². The van der Waals surface area contributed by atoms with Gasteiger partial charge in [0.2, 0.25) is 0 Å². The van der Waals surface area contributed by atoms with E-state index < -0.39 is 21.1 Å². The van der Waals surface area contributed by atoms with Crippen LogP contribution >= 0.6 is 0 Å². The summed E-state index contributed by atoms with van der Waals surface area (Å²) in [5.41, 5.74) is -0.250. The van der Waals surface area contributed by atoms with Crippen LogP contribution in [0, 0.1) is 10.1 Å². The van der Waals surface area contributed by atoms with Crippen LogP contribution in [0.25, 0.3) is 0 Å². The van der Waals surface area contributed by atoms with Gasteiger partial charge in [0, 0.05) is 16.5 Å². The number of benzene rings is 1. The third kappa shape index (κ3) is 13.8. The zero-order chi connectivity index (χ0) is 12.9. The zero-order valence-corrected chi connectivity index (χ0v) is 16.5. The summed E-state index contributed by atoms with van der Waals surface area (Å²) in [4.78, 5) is 9.42. The van der Waals surface area contributed by atoms with Gasteiger partial charge in [0.1, 0.15) is 0 Å². The van der Waals surface area contributed by atoms with Gasteiger partial charge in [0.05, 0.1) is 11.0 Å². The molecule has 0 spiro atoms. The van der Waals surface area contributed by atoms with Gasteiger partial charge in [-0.3, -0.25) is 18.5 Å². The molecule has 0 aromatic heterocycles. The van der Waals surface area contributed by atoms with Crippen molar-refractivity contribution in [3.05, 3.63) is 28.3 Å². The molecule has 0 aliphatic rings. The molecule has 90 valence electrons. The van der Waals surface area contributed by atoms with E-state index in [2.05, 4.69) is 0 Å². The summed E-state index contributed by atoms with van der Waals surface area (Å²) in [6.45, 7) is 0. The van der Waals surface area contributed by atoms with E-state index in [9.17, 15) is 10.1 Å². The van der Waals surface area contributed by atoms with Gasteiger partial charge in [-0.25, -0.2) is 0 Å². The molecule has 0 aliphatic heterocycles. The van der Waals surface area contributed by atoms with Gasteiger partial charge in [-0.2, -0.15) is 0 Å². The van der Waals surface area contributed by atoms with Gasteiger partial charge in [-0.05, 0) is 6.07 Å². The van der Waals surface area contributed by atoms with Crippen molar-refractivity contribution in [3.63, 3.8) is 0 Å². The molecule has 0 amide bonds. The molecule has 2 N–H and O–H groups in total. The molecule has 0 aliphatic carbocycles. The molecule has 0 saturated carbocycles. The van der Waals surface area contributed by atoms with Crippen LogP contribution in [0.2, 0.25) is 0 Å². The Balaban J connectivity index is -0.000000282. The van der Waals surface area contributed by atoms with Crippen molar-refractivity contribution in [2.24, 2.45) is 0 Å². The number of phenolic OH excluding ortho intramolecular Hbond substituents is 2. The smallest absolute Gasteiger partial charge is 0.759 e. The third-order valence-corrected chi connectivity index (χ3v) is 1.17. The van der Waals surface area contributed by atoms with E-state index in [1.54, 1.807) is 0 Å². The van der Waals surface area contributed by atoms with Crippen molar-refractivity contribution in [3.8, 4) is 11.5 Å². The summed E-state index contributed by atoms with van der Waals surface area (Å²) in [5.74, 6) is -0.852. The molecule has 0 fully saturated rings. The number of hydrogen-bond donors (Lipinski definition) is 2. The molecule has 0 saturated heterocycles. The van der Waals surface area contributed by atoms with Crippen LogP contribution in [0.1, 0.15) is 0 Å². The Morgan fingerprint density at radius 2 is 1.44 bits per heavy atom. The molecule has 0 radical (unpaired) electrons. The van der Waals surface area contributed by atoms with Gasteiger partial charge >= 0.3 is 103 Å². The standard InChI is InChI=1S/C6H5NO4.2K.H2O4S/c8-5-2-1-4(7(10)11)3-6(5)9;;;1-5(2,3)4/h1-3,8-9H;;;(H2,1,2,3,4)/q;2*+1;/p-2. The average Bonchev–Trinajstić information content (AvgIpc) is 2.06. The predicted molar refractivity (Wildman–Crippen MR) is 46.9 cm³/mol. The Kier molecular flexibility index (Phi) is 15.0. The molecule has 0 heterocycles. The number of nitrogens with zero attached hydrogens (tertiary/aromatic N) is 1. The summed E-state index contributed by atoms with van der Waals surface area (Å²) >= 11 is 0. The van der Waals surface area contributed by atoms with Crippen molar-refractivity contribution in [2.75, 3.05) is 0 Å². The predicted octanol–water partition coefficient (Wildman–Crippen LogP) is -6.32. The SMILES string of the molecule is O=S(=O)([O-])[O-].O=[N+]([O-])c1ccc(O)c(O)c1.[K+].[K+]. The topological polar surface area (TPSA) is 164 Å². The van der Waals surface area contributed by atoms with E-state index in [0.29, 0.717) is 0 Å². The Morgan fingerprint density at radius 3 is 1.72 bits per heavy atom. The van der Waals surface area contributed by atoms with Gasteiger partial charge in [0.15, 0.2) is 11.5 Å². The van der Waals surface area contributed by atoms with E-state index in [0.717, 1.165) is 18.2 Å². The quantitative estimate of drug-likeness (QED) is 0.128. The second-order valence-electron chi connectivity index (χ2n) is 2.34. The summed E-state index contributed by atoms with van der Waals surface area (Å²) in [7, 11) is -5.17. The first-order valence-corrected chi connectivity index (χ1v) is 4.77. The Bertz CT molecular complexity index is 482. The molecular weight excluding hydrogens is 324 g/mol. The molecule has 1 aromatic rings. The zero-order valence-electron chi connectivity index (χ0n) is 9.43. The number of aromatic hydroxyl groups is 2. The van der Waals surface area contributed by atoms with Crippen LogP contribution in [-0.2, 0) is 10.4 Å². The van der Waals surface area contributed by atoms with E-state index in [-0.39, 0.29) is 114 Å². The third-order valence-electron chi connectivity index (χ3n) is 1.17. The summed E-state index contributed by atoms with van der Waals surface area (Å²) in [5, 5.41) is 27.6. The maximum absolute atomic E-state index is 10.1.